The average Bonchev–Trinajstić information content (AvgIpc) is 3.14. The van der Waals surface area contributed by atoms with E-state index in [1.807, 2.05) is 61.5 Å². The lowest BCUT2D eigenvalue weighted by Crippen LogP contribution is -2.13. The van der Waals surface area contributed by atoms with Crippen molar-refractivity contribution in [3.05, 3.63) is 71.9 Å². The zero-order valence-corrected chi connectivity index (χ0v) is 17.3. The van der Waals surface area contributed by atoms with Crippen LogP contribution in [0, 0.1) is 6.92 Å². The number of imidazole rings is 1. The number of pyridine rings is 1. The Labute approximate surface area is 175 Å². The van der Waals surface area contributed by atoms with E-state index in [4.69, 9.17) is 9.72 Å². The number of anilines is 1. The van der Waals surface area contributed by atoms with Gasteiger partial charge in [-0.3, -0.25) is 4.79 Å². The first-order valence-electron chi connectivity index (χ1n) is 9.98. The molecule has 0 radical (unpaired) electrons. The van der Waals surface area contributed by atoms with Gasteiger partial charge in [-0.2, -0.15) is 0 Å². The molecule has 4 rings (SSSR count). The number of hydrogen-bond acceptors (Lipinski definition) is 4. The molecule has 0 aliphatic heterocycles. The van der Waals surface area contributed by atoms with Crippen molar-refractivity contribution >= 4 is 22.8 Å². The maximum absolute atomic E-state index is 12.9. The van der Waals surface area contributed by atoms with Gasteiger partial charge in [-0.25, -0.2) is 9.97 Å². The van der Waals surface area contributed by atoms with E-state index < -0.39 is 0 Å². The fourth-order valence-electron chi connectivity index (χ4n) is 3.51. The summed E-state index contributed by atoms with van der Waals surface area (Å²) in [6, 6.07) is 17.0. The van der Waals surface area contributed by atoms with E-state index in [0.29, 0.717) is 5.56 Å². The molecule has 2 heterocycles. The molecule has 2 aromatic carbocycles. The average molecular weight is 400 g/mol. The van der Waals surface area contributed by atoms with Gasteiger partial charge in [-0.1, -0.05) is 19.1 Å². The number of ether oxygens (including phenoxy) is 1. The van der Waals surface area contributed by atoms with Crippen molar-refractivity contribution in [1.29, 1.82) is 0 Å². The third-order valence-electron chi connectivity index (χ3n) is 5.02. The van der Waals surface area contributed by atoms with Crippen LogP contribution in [0.3, 0.4) is 0 Å². The summed E-state index contributed by atoms with van der Waals surface area (Å²) in [6.07, 6.45) is 2.74. The predicted octanol–water partition coefficient (Wildman–Crippen LogP) is 5.08. The van der Waals surface area contributed by atoms with Gasteiger partial charge in [0.2, 0.25) is 0 Å². The lowest BCUT2D eigenvalue weighted by atomic mass is 10.1. The van der Waals surface area contributed by atoms with Crippen LogP contribution in [0.5, 0.6) is 5.75 Å². The van der Waals surface area contributed by atoms with Crippen molar-refractivity contribution in [2.24, 2.45) is 0 Å². The van der Waals surface area contributed by atoms with Gasteiger partial charge in [0.1, 0.15) is 17.1 Å². The largest absolute Gasteiger partial charge is 0.497 e. The Morgan fingerprint density at radius 2 is 2.00 bits per heavy atom. The van der Waals surface area contributed by atoms with Crippen LogP contribution < -0.4 is 10.1 Å². The number of nitrogens with zero attached hydrogens (tertiary/aromatic N) is 3. The molecule has 0 saturated carbocycles. The second-order valence-electron chi connectivity index (χ2n) is 7.15. The van der Waals surface area contributed by atoms with Crippen LogP contribution in [0.25, 0.3) is 22.6 Å². The zero-order valence-electron chi connectivity index (χ0n) is 17.3. The molecular weight excluding hydrogens is 376 g/mol. The number of carbonyl (C=O) groups excluding carboxylic acids is 1. The number of aryl methyl sites for hydroxylation is 2. The van der Waals surface area contributed by atoms with E-state index in [9.17, 15) is 4.79 Å². The molecule has 6 nitrogen and oxygen atoms in total. The summed E-state index contributed by atoms with van der Waals surface area (Å²) in [5.41, 5.74) is 4.87. The standard InChI is InChI=1S/C24H24N4O2/c1-4-13-28-22(26-21-9-6-12-25-23(21)28)17-7-5-8-18(15-17)24(29)27-20-11-10-19(30-3)14-16(20)2/h5-12,14-15H,4,13H2,1-3H3,(H,27,29). The first-order chi connectivity index (χ1) is 14.6. The van der Waals surface area contributed by atoms with E-state index in [2.05, 4.69) is 21.8 Å². The number of hydrogen-bond donors (Lipinski definition) is 1. The third kappa shape index (κ3) is 3.76. The van der Waals surface area contributed by atoms with Gasteiger partial charge in [0.05, 0.1) is 7.11 Å². The summed E-state index contributed by atoms with van der Waals surface area (Å²) in [7, 11) is 1.62. The predicted molar refractivity (Wildman–Crippen MR) is 119 cm³/mol. The maximum Gasteiger partial charge on any atom is 0.255 e. The van der Waals surface area contributed by atoms with Crippen molar-refractivity contribution in [3.63, 3.8) is 0 Å². The van der Waals surface area contributed by atoms with Gasteiger partial charge in [0.15, 0.2) is 5.65 Å². The Hall–Kier alpha value is -3.67. The highest BCUT2D eigenvalue weighted by Crippen LogP contribution is 2.26. The first-order valence-corrected chi connectivity index (χ1v) is 9.98. The van der Waals surface area contributed by atoms with Crippen LogP contribution in [-0.4, -0.2) is 27.6 Å². The summed E-state index contributed by atoms with van der Waals surface area (Å²) in [5, 5.41) is 2.99. The van der Waals surface area contributed by atoms with Crippen LogP contribution in [0.4, 0.5) is 5.69 Å². The van der Waals surface area contributed by atoms with E-state index >= 15 is 0 Å². The molecule has 0 aliphatic rings. The molecule has 4 aromatic rings. The minimum atomic E-state index is -0.165. The van der Waals surface area contributed by atoms with Crippen LogP contribution in [0.15, 0.2) is 60.8 Å². The monoisotopic (exact) mass is 400 g/mol. The second kappa shape index (κ2) is 8.37. The minimum absolute atomic E-state index is 0.165. The van der Waals surface area contributed by atoms with E-state index in [1.165, 1.54) is 0 Å². The smallest absolute Gasteiger partial charge is 0.255 e. The Bertz CT molecular complexity index is 1210. The van der Waals surface area contributed by atoms with Crippen LogP contribution in [0.1, 0.15) is 29.3 Å². The zero-order chi connectivity index (χ0) is 21.1. The Morgan fingerprint density at radius 3 is 2.77 bits per heavy atom. The molecule has 0 spiro atoms. The van der Waals surface area contributed by atoms with Crippen molar-refractivity contribution in [3.8, 4) is 17.1 Å². The Morgan fingerprint density at radius 1 is 1.13 bits per heavy atom. The highest BCUT2D eigenvalue weighted by atomic mass is 16.5. The molecule has 0 atom stereocenters. The maximum atomic E-state index is 12.9. The van der Waals surface area contributed by atoms with E-state index in [-0.39, 0.29) is 5.91 Å². The number of aromatic nitrogens is 3. The molecule has 1 amide bonds. The number of amides is 1. The number of nitrogens with one attached hydrogen (secondary N) is 1. The van der Waals surface area contributed by atoms with Gasteiger partial charge in [-0.15, -0.1) is 0 Å². The molecule has 1 N–H and O–H groups in total. The number of fused-ring (bicyclic) bond motifs is 1. The summed E-state index contributed by atoms with van der Waals surface area (Å²) in [5.74, 6) is 1.41. The molecule has 2 aromatic heterocycles. The lowest BCUT2D eigenvalue weighted by Gasteiger charge is -2.11. The molecule has 0 bridgehead atoms. The molecule has 0 unspecified atom stereocenters. The molecule has 30 heavy (non-hydrogen) atoms. The quantitative estimate of drug-likeness (QED) is 0.490. The molecule has 0 fully saturated rings. The minimum Gasteiger partial charge on any atom is -0.497 e. The highest BCUT2D eigenvalue weighted by molar-refractivity contribution is 6.05. The molecule has 152 valence electrons. The highest BCUT2D eigenvalue weighted by Gasteiger charge is 2.15. The summed E-state index contributed by atoms with van der Waals surface area (Å²) >= 11 is 0. The summed E-state index contributed by atoms with van der Waals surface area (Å²) in [4.78, 5) is 22.2. The number of carbonyl (C=O) groups is 1. The van der Waals surface area contributed by atoms with Crippen LogP contribution in [-0.2, 0) is 6.54 Å². The topological polar surface area (TPSA) is 69.0 Å². The molecular formula is C24H24N4O2. The SMILES string of the molecule is CCCn1c(-c2cccc(C(=O)Nc3ccc(OC)cc3C)c2)nc2cccnc21. The van der Waals surface area contributed by atoms with Crippen molar-refractivity contribution < 1.29 is 9.53 Å². The van der Waals surface area contributed by atoms with Crippen LogP contribution in [0.2, 0.25) is 0 Å². The second-order valence-corrected chi connectivity index (χ2v) is 7.15. The number of rotatable bonds is 6. The van der Waals surface area contributed by atoms with E-state index in [0.717, 1.165) is 52.5 Å². The van der Waals surface area contributed by atoms with Crippen LogP contribution >= 0.6 is 0 Å². The van der Waals surface area contributed by atoms with Gasteiger partial charge in [0.25, 0.3) is 5.91 Å². The van der Waals surface area contributed by atoms with Crippen molar-refractivity contribution in [2.45, 2.75) is 26.8 Å². The number of benzene rings is 2. The molecule has 6 heteroatoms. The normalized spacial score (nSPS) is 10.9. The third-order valence-corrected chi connectivity index (χ3v) is 5.02. The summed E-state index contributed by atoms with van der Waals surface area (Å²) in [6.45, 7) is 4.87. The fourth-order valence-corrected chi connectivity index (χ4v) is 3.51. The van der Waals surface area contributed by atoms with Crippen molar-refractivity contribution in [1.82, 2.24) is 14.5 Å². The molecule has 0 saturated heterocycles. The first kappa shape index (κ1) is 19.6. The number of methoxy groups -OCH3 is 1. The van der Waals surface area contributed by atoms with Crippen molar-refractivity contribution in [2.75, 3.05) is 12.4 Å². The molecule has 0 aliphatic carbocycles. The van der Waals surface area contributed by atoms with Gasteiger partial charge >= 0.3 is 0 Å². The van der Waals surface area contributed by atoms with E-state index in [1.54, 1.807) is 13.3 Å². The van der Waals surface area contributed by atoms with Gasteiger partial charge < -0.3 is 14.6 Å². The Balaban J connectivity index is 1.67. The van der Waals surface area contributed by atoms with Gasteiger partial charge in [0, 0.05) is 29.6 Å². The lowest BCUT2D eigenvalue weighted by molar-refractivity contribution is 0.102. The summed E-state index contributed by atoms with van der Waals surface area (Å²) < 4.78 is 7.34. The van der Waals surface area contributed by atoms with Gasteiger partial charge in [-0.05, 0) is 61.4 Å². The fraction of sp³-hybridized carbons (Fsp3) is 0.208. The Kier molecular flexibility index (Phi) is 5.48.